The van der Waals surface area contributed by atoms with E-state index >= 15 is 0 Å². The Morgan fingerprint density at radius 2 is 1.62 bits per heavy atom. The summed E-state index contributed by atoms with van der Waals surface area (Å²) in [6.07, 6.45) is 1.54. The van der Waals surface area contributed by atoms with Gasteiger partial charge in [-0.15, -0.1) is 11.8 Å². The van der Waals surface area contributed by atoms with Crippen LogP contribution in [0.1, 0.15) is 18.2 Å². The predicted molar refractivity (Wildman–Crippen MR) is 96.9 cm³/mol. The molecule has 134 valence electrons. The molecule has 3 aromatic rings. The molecule has 0 bridgehead atoms. The van der Waals surface area contributed by atoms with E-state index < -0.39 is 11.7 Å². The van der Waals surface area contributed by atoms with Gasteiger partial charge in [0.1, 0.15) is 5.69 Å². The molecule has 0 N–H and O–H groups in total. The van der Waals surface area contributed by atoms with Crippen molar-refractivity contribution in [3.8, 4) is 22.6 Å². The lowest BCUT2D eigenvalue weighted by Gasteiger charge is -2.11. The van der Waals surface area contributed by atoms with Gasteiger partial charge in [-0.05, 0) is 36.9 Å². The topological polar surface area (TPSA) is 38.7 Å². The van der Waals surface area contributed by atoms with Gasteiger partial charge in [0, 0.05) is 22.9 Å². The molecule has 2 aromatic heterocycles. The molecule has 3 rings (SSSR count). The average molecular weight is 375 g/mol. The first-order valence-electron chi connectivity index (χ1n) is 7.96. The fourth-order valence-corrected chi connectivity index (χ4v) is 3.02. The number of aromatic nitrogens is 3. The second-order valence-corrected chi connectivity index (χ2v) is 6.44. The number of thioether (sulfide) groups is 1. The first kappa shape index (κ1) is 18.4. The Balaban J connectivity index is 2.08. The SMILES string of the molecule is CCc1nccnc1-c1cc(SC)cc(-c2ccc(C(F)(F)F)cc2)n1. The predicted octanol–water partition coefficient (Wildman–Crippen LogP) is 5.51. The van der Waals surface area contributed by atoms with E-state index in [0.29, 0.717) is 29.1 Å². The largest absolute Gasteiger partial charge is 0.416 e. The maximum absolute atomic E-state index is 12.8. The third-order valence-electron chi connectivity index (χ3n) is 3.89. The van der Waals surface area contributed by atoms with E-state index in [1.807, 2.05) is 25.3 Å². The molecule has 0 fully saturated rings. The number of hydrogen-bond acceptors (Lipinski definition) is 4. The minimum atomic E-state index is -4.35. The van der Waals surface area contributed by atoms with Gasteiger partial charge in [-0.1, -0.05) is 19.1 Å². The minimum absolute atomic E-state index is 0.605. The van der Waals surface area contributed by atoms with Gasteiger partial charge in [0.15, 0.2) is 0 Å². The van der Waals surface area contributed by atoms with Crippen LogP contribution in [0.3, 0.4) is 0 Å². The highest BCUT2D eigenvalue weighted by atomic mass is 32.2. The maximum Gasteiger partial charge on any atom is 0.416 e. The van der Waals surface area contributed by atoms with E-state index in [2.05, 4.69) is 15.0 Å². The molecule has 0 radical (unpaired) electrons. The van der Waals surface area contributed by atoms with Crippen molar-refractivity contribution < 1.29 is 13.2 Å². The molecule has 2 heterocycles. The maximum atomic E-state index is 12.8. The standard InChI is InChI=1S/C19H16F3N3S/c1-3-15-18(24-9-8-23-15)17-11-14(26-2)10-16(25-17)12-4-6-13(7-5-12)19(20,21)22/h4-11H,3H2,1-2H3. The Morgan fingerprint density at radius 1 is 0.962 bits per heavy atom. The van der Waals surface area contributed by atoms with Crippen LogP contribution in [0, 0.1) is 0 Å². The average Bonchev–Trinajstić information content (AvgIpc) is 2.67. The van der Waals surface area contributed by atoms with Gasteiger partial charge in [0.05, 0.1) is 22.6 Å². The fourth-order valence-electron chi connectivity index (χ4n) is 2.56. The van der Waals surface area contributed by atoms with E-state index in [0.717, 1.165) is 22.7 Å². The number of hydrogen-bond donors (Lipinski definition) is 0. The summed E-state index contributed by atoms with van der Waals surface area (Å²) in [7, 11) is 0. The third kappa shape index (κ3) is 3.88. The quantitative estimate of drug-likeness (QED) is 0.564. The molecular formula is C19H16F3N3S. The molecule has 7 heteroatoms. The number of pyridine rings is 1. The zero-order valence-electron chi connectivity index (χ0n) is 14.2. The van der Waals surface area contributed by atoms with E-state index in [1.54, 1.807) is 12.4 Å². The smallest absolute Gasteiger partial charge is 0.257 e. The fraction of sp³-hybridized carbons (Fsp3) is 0.211. The van der Waals surface area contributed by atoms with E-state index in [4.69, 9.17) is 0 Å². The van der Waals surface area contributed by atoms with Crippen LogP contribution in [0.25, 0.3) is 22.6 Å². The number of halogens is 3. The van der Waals surface area contributed by atoms with Crippen molar-refractivity contribution in [3.63, 3.8) is 0 Å². The van der Waals surface area contributed by atoms with Crippen LogP contribution in [-0.2, 0) is 12.6 Å². The summed E-state index contributed by atoms with van der Waals surface area (Å²) in [5.41, 5.74) is 2.74. The first-order chi connectivity index (χ1) is 12.4. The van der Waals surface area contributed by atoms with Gasteiger partial charge in [-0.25, -0.2) is 4.98 Å². The Hall–Kier alpha value is -2.41. The Morgan fingerprint density at radius 3 is 2.23 bits per heavy atom. The van der Waals surface area contributed by atoms with Gasteiger partial charge in [0.2, 0.25) is 0 Å². The molecule has 3 nitrogen and oxygen atoms in total. The summed E-state index contributed by atoms with van der Waals surface area (Å²) in [6, 6.07) is 8.80. The minimum Gasteiger partial charge on any atom is -0.257 e. The molecule has 0 aliphatic carbocycles. The normalized spacial score (nSPS) is 11.6. The van der Waals surface area contributed by atoms with Crippen LogP contribution in [0.5, 0.6) is 0 Å². The molecular weight excluding hydrogens is 359 g/mol. The van der Waals surface area contributed by atoms with Crippen LogP contribution in [-0.4, -0.2) is 21.2 Å². The zero-order chi connectivity index (χ0) is 18.7. The van der Waals surface area contributed by atoms with Crippen molar-refractivity contribution in [2.24, 2.45) is 0 Å². The molecule has 1 aromatic carbocycles. The van der Waals surface area contributed by atoms with Crippen molar-refractivity contribution >= 4 is 11.8 Å². The summed E-state index contributed by atoms with van der Waals surface area (Å²) in [5.74, 6) is 0. The van der Waals surface area contributed by atoms with Crippen LogP contribution in [0.15, 0.2) is 53.7 Å². The Labute approximate surface area is 153 Å². The summed E-state index contributed by atoms with van der Waals surface area (Å²) in [5, 5.41) is 0. The lowest BCUT2D eigenvalue weighted by Crippen LogP contribution is -2.04. The highest BCUT2D eigenvalue weighted by Gasteiger charge is 2.30. The van der Waals surface area contributed by atoms with Crippen molar-refractivity contribution in [2.45, 2.75) is 24.4 Å². The van der Waals surface area contributed by atoms with Crippen LogP contribution in [0.2, 0.25) is 0 Å². The zero-order valence-corrected chi connectivity index (χ0v) is 15.0. The van der Waals surface area contributed by atoms with Crippen molar-refractivity contribution in [1.82, 2.24) is 15.0 Å². The van der Waals surface area contributed by atoms with Gasteiger partial charge in [0.25, 0.3) is 0 Å². The molecule has 26 heavy (non-hydrogen) atoms. The first-order valence-corrected chi connectivity index (χ1v) is 9.18. The second kappa shape index (κ2) is 7.45. The molecule has 0 saturated heterocycles. The monoisotopic (exact) mass is 375 g/mol. The Kier molecular flexibility index (Phi) is 5.27. The van der Waals surface area contributed by atoms with Crippen molar-refractivity contribution in [2.75, 3.05) is 6.26 Å². The van der Waals surface area contributed by atoms with Crippen LogP contribution >= 0.6 is 11.8 Å². The number of alkyl halides is 3. The van der Waals surface area contributed by atoms with Gasteiger partial charge in [-0.3, -0.25) is 9.97 Å². The van der Waals surface area contributed by atoms with E-state index in [1.165, 1.54) is 23.9 Å². The highest BCUT2D eigenvalue weighted by molar-refractivity contribution is 7.98. The molecule has 0 amide bonds. The summed E-state index contributed by atoms with van der Waals surface area (Å²) >= 11 is 1.54. The highest BCUT2D eigenvalue weighted by Crippen LogP contribution is 2.32. The number of rotatable bonds is 4. The molecule has 0 aliphatic rings. The van der Waals surface area contributed by atoms with Crippen molar-refractivity contribution in [1.29, 1.82) is 0 Å². The Bertz CT molecular complexity index is 909. The summed E-state index contributed by atoms with van der Waals surface area (Å²) in [6.45, 7) is 1.99. The number of benzene rings is 1. The van der Waals surface area contributed by atoms with E-state index in [-0.39, 0.29) is 0 Å². The molecule has 0 saturated carbocycles. The van der Waals surface area contributed by atoms with E-state index in [9.17, 15) is 13.2 Å². The third-order valence-corrected chi connectivity index (χ3v) is 4.60. The lowest BCUT2D eigenvalue weighted by atomic mass is 10.1. The molecule has 0 unspecified atom stereocenters. The second-order valence-electron chi connectivity index (χ2n) is 5.56. The summed E-state index contributed by atoms with van der Waals surface area (Å²) < 4.78 is 38.3. The van der Waals surface area contributed by atoms with Crippen LogP contribution in [0.4, 0.5) is 13.2 Å². The van der Waals surface area contributed by atoms with Crippen molar-refractivity contribution in [3.05, 3.63) is 60.0 Å². The number of nitrogens with zero attached hydrogens (tertiary/aromatic N) is 3. The molecule has 0 aliphatic heterocycles. The van der Waals surface area contributed by atoms with Gasteiger partial charge < -0.3 is 0 Å². The molecule has 0 spiro atoms. The van der Waals surface area contributed by atoms with Gasteiger partial charge >= 0.3 is 6.18 Å². The molecule has 0 atom stereocenters. The van der Waals surface area contributed by atoms with Gasteiger partial charge in [-0.2, -0.15) is 13.2 Å². The summed E-state index contributed by atoms with van der Waals surface area (Å²) in [4.78, 5) is 14.3. The lowest BCUT2D eigenvalue weighted by molar-refractivity contribution is -0.137. The number of aryl methyl sites for hydroxylation is 1. The van der Waals surface area contributed by atoms with Crippen LogP contribution < -0.4 is 0 Å².